The van der Waals surface area contributed by atoms with Crippen molar-refractivity contribution in [2.45, 2.75) is 6.92 Å². The van der Waals surface area contributed by atoms with Crippen LogP contribution in [-0.4, -0.2) is 61.5 Å². The van der Waals surface area contributed by atoms with E-state index in [-0.39, 0.29) is 12.5 Å². The van der Waals surface area contributed by atoms with E-state index in [0.29, 0.717) is 38.5 Å². The Balaban J connectivity index is 1.81. The van der Waals surface area contributed by atoms with E-state index in [1.807, 2.05) is 19.1 Å². The number of hydrogen-bond donors (Lipinski definition) is 0. The average molecular weight is 292 g/mol. The first-order chi connectivity index (χ1) is 10.2. The maximum atomic E-state index is 12.0. The van der Waals surface area contributed by atoms with E-state index in [2.05, 4.69) is 0 Å². The van der Waals surface area contributed by atoms with Crippen LogP contribution in [0.5, 0.6) is 11.5 Å². The van der Waals surface area contributed by atoms with Gasteiger partial charge in [-0.05, 0) is 19.1 Å². The van der Waals surface area contributed by atoms with Crippen LogP contribution in [0.4, 0.5) is 0 Å². The van der Waals surface area contributed by atoms with Crippen molar-refractivity contribution >= 4 is 12.3 Å². The fraction of sp³-hybridized carbons (Fsp3) is 0.467. The zero-order valence-corrected chi connectivity index (χ0v) is 12.2. The lowest BCUT2D eigenvalue weighted by atomic mass is 10.3. The SMILES string of the molecule is CCOc1cccc(OCC(=O)N2CCN(C=O)CC2)c1. The highest BCUT2D eigenvalue weighted by molar-refractivity contribution is 5.78. The van der Waals surface area contributed by atoms with Crippen LogP contribution in [0.2, 0.25) is 0 Å². The standard InChI is InChI=1S/C15H20N2O4/c1-2-20-13-4-3-5-14(10-13)21-11-15(19)17-8-6-16(12-18)7-9-17/h3-5,10,12H,2,6-9,11H2,1H3. The first-order valence-corrected chi connectivity index (χ1v) is 7.05. The van der Waals surface area contributed by atoms with Crippen molar-refractivity contribution in [3.8, 4) is 11.5 Å². The van der Waals surface area contributed by atoms with Crippen LogP contribution in [0, 0.1) is 0 Å². The molecule has 0 aromatic heterocycles. The third kappa shape index (κ3) is 4.37. The van der Waals surface area contributed by atoms with Gasteiger partial charge >= 0.3 is 0 Å². The number of carbonyl (C=O) groups is 2. The molecule has 6 nitrogen and oxygen atoms in total. The third-order valence-electron chi connectivity index (χ3n) is 3.29. The number of benzene rings is 1. The van der Waals surface area contributed by atoms with E-state index >= 15 is 0 Å². The summed E-state index contributed by atoms with van der Waals surface area (Å²) in [6.45, 7) is 4.76. The molecule has 1 fully saturated rings. The summed E-state index contributed by atoms with van der Waals surface area (Å²) in [6, 6.07) is 7.23. The van der Waals surface area contributed by atoms with Gasteiger partial charge in [0.15, 0.2) is 6.61 Å². The zero-order valence-electron chi connectivity index (χ0n) is 12.2. The van der Waals surface area contributed by atoms with Crippen LogP contribution in [0.3, 0.4) is 0 Å². The van der Waals surface area contributed by atoms with E-state index < -0.39 is 0 Å². The van der Waals surface area contributed by atoms with Crippen LogP contribution < -0.4 is 9.47 Å². The second-order valence-electron chi connectivity index (χ2n) is 4.72. The molecule has 0 unspecified atom stereocenters. The van der Waals surface area contributed by atoms with Crippen LogP contribution >= 0.6 is 0 Å². The Labute approximate surface area is 124 Å². The van der Waals surface area contributed by atoms with Crippen molar-refractivity contribution in [3.63, 3.8) is 0 Å². The Hall–Kier alpha value is -2.24. The number of amides is 2. The van der Waals surface area contributed by atoms with Gasteiger partial charge in [0.25, 0.3) is 5.91 Å². The zero-order chi connectivity index (χ0) is 15.1. The first kappa shape index (κ1) is 15.2. The molecule has 1 heterocycles. The molecule has 1 saturated heterocycles. The topological polar surface area (TPSA) is 59.1 Å². The lowest BCUT2D eigenvalue weighted by Crippen LogP contribution is -2.49. The largest absolute Gasteiger partial charge is 0.494 e. The summed E-state index contributed by atoms with van der Waals surface area (Å²) in [7, 11) is 0. The summed E-state index contributed by atoms with van der Waals surface area (Å²) >= 11 is 0. The number of ether oxygens (including phenoxy) is 2. The molecule has 0 radical (unpaired) electrons. The van der Waals surface area contributed by atoms with E-state index in [4.69, 9.17) is 9.47 Å². The van der Waals surface area contributed by atoms with E-state index in [9.17, 15) is 9.59 Å². The summed E-state index contributed by atoms with van der Waals surface area (Å²) in [5.74, 6) is 1.27. The lowest BCUT2D eigenvalue weighted by molar-refractivity contribution is -0.137. The molecule has 2 rings (SSSR count). The van der Waals surface area contributed by atoms with Crippen molar-refractivity contribution in [1.82, 2.24) is 9.80 Å². The van der Waals surface area contributed by atoms with Crippen molar-refractivity contribution < 1.29 is 19.1 Å². The maximum absolute atomic E-state index is 12.0. The molecule has 21 heavy (non-hydrogen) atoms. The molecular formula is C15H20N2O4. The molecule has 0 aliphatic carbocycles. The fourth-order valence-corrected chi connectivity index (χ4v) is 2.13. The molecule has 114 valence electrons. The molecule has 1 aliphatic heterocycles. The van der Waals surface area contributed by atoms with Gasteiger partial charge in [-0.2, -0.15) is 0 Å². The fourth-order valence-electron chi connectivity index (χ4n) is 2.13. The molecule has 2 amide bonds. The van der Waals surface area contributed by atoms with Crippen LogP contribution in [0.1, 0.15) is 6.92 Å². The highest BCUT2D eigenvalue weighted by Crippen LogP contribution is 2.19. The van der Waals surface area contributed by atoms with Gasteiger partial charge in [0.05, 0.1) is 6.61 Å². The van der Waals surface area contributed by atoms with E-state index in [0.717, 1.165) is 12.2 Å². The Bertz CT molecular complexity index is 484. The van der Waals surface area contributed by atoms with E-state index in [1.165, 1.54) is 0 Å². The predicted octanol–water partition coefficient (Wildman–Crippen LogP) is 0.765. The Morgan fingerprint density at radius 2 is 1.86 bits per heavy atom. The molecule has 0 saturated carbocycles. The molecule has 0 atom stereocenters. The summed E-state index contributed by atoms with van der Waals surface area (Å²) in [5.41, 5.74) is 0. The van der Waals surface area contributed by atoms with Gasteiger partial charge in [-0.3, -0.25) is 9.59 Å². The Morgan fingerprint density at radius 1 is 1.19 bits per heavy atom. The summed E-state index contributed by atoms with van der Waals surface area (Å²) in [6.07, 6.45) is 0.817. The monoisotopic (exact) mass is 292 g/mol. The molecule has 0 spiro atoms. The molecule has 0 N–H and O–H groups in total. The number of hydrogen-bond acceptors (Lipinski definition) is 4. The van der Waals surface area contributed by atoms with Crippen LogP contribution in [-0.2, 0) is 9.59 Å². The molecule has 1 aliphatic rings. The Kier molecular flexibility index (Phi) is 5.43. The minimum absolute atomic E-state index is 0.00331. The quantitative estimate of drug-likeness (QED) is 0.727. The highest BCUT2D eigenvalue weighted by atomic mass is 16.5. The lowest BCUT2D eigenvalue weighted by Gasteiger charge is -2.32. The van der Waals surface area contributed by atoms with Gasteiger partial charge in [-0.1, -0.05) is 6.07 Å². The molecule has 1 aromatic carbocycles. The molecule has 1 aromatic rings. The number of rotatable bonds is 6. The molecular weight excluding hydrogens is 272 g/mol. The minimum atomic E-state index is -0.0673. The minimum Gasteiger partial charge on any atom is -0.494 e. The third-order valence-corrected chi connectivity index (χ3v) is 3.29. The van der Waals surface area contributed by atoms with Crippen molar-refractivity contribution in [2.24, 2.45) is 0 Å². The van der Waals surface area contributed by atoms with E-state index in [1.54, 1.807) is 21.9 Å². The van der Waals surface area contributed by atoms with Gasteiger partial charge in [-0.25, -0.2) is 0 Å². The summed E-state index contributed by atoms with van der Waals surface area (Å²) in [5, 5.41) is 0. The van der Waals surface area contributed by atoms with Gasteiger partial charge in [-0.15, -0.1) is 0 Å². The number of nitrogens with zero attached hydrogens (tertiary/aromatic N) is 2. The van der Waals surface area contributed by atoms with Gasteiger partial charge in [0.2, 0.25) is 6.41 Å². The maximum Gasteiger partial charge on any atom is 0.260 e. The van der Waals surface area contributed by atoms with Crippen molar-refractivity contribution in [3.05, 3.63) is 24.3 Å². The molecule has 0 bridgehead atoms. The normalized spacial score (nSPS) is 14.7. The first-order valence-electron chi connectivity index (χ1n) is 7.05. The van der Waals surface area contributed by atoms with Gasteiger partial charge < -0.3 is 19.3 Å². The van der Waals surface area contributed by atoms with Crippen molar-refractivity contribution in [2.75, 3.05) is 39.4 Å². The summed E-state index contributed by atoms with van der Waals surface area (Å²) < 4.78 is 10.9. The van der Waals surface area contributed by atoms with Gasteiger partial charge in [0, 0.05) is 32.2 Å². The number of piperazine rings is 1. The molecule has 6 heteroatoms. The average Bonchev–Trinajstić information content (AvgIpc) is 2.53. The highest BCUT2D eigenvalue weighted by Gasteiger charge is 2.20. The van der Waals surface area contributed by atoms with Crippen molar-refractivity contribution in [1.29, 1.82) is 0 Å². The second kappa shape index (κ2) is 7.52. The van der Waals surface area contributed by atoms with Crippen LogP contribution in [0.15, 0.2) is 24.3 Å². The summed E-state index contributed by atoms with van der Waals surface area (Å²) in [4.78, 5) is 26.0. The number of carbonyl (C=O) groups excluding carboxylic acids is 2. The predicted molar refractivity (Wildman–Crippen MR) is 77.3 cm³/mol. The second-order valence-corrected chi connectivity index (χ2v) is 4.72. The smallest absolute Gasteiger partial charge is 0.260 e. The Morgan fingerprint density at radius 3 is 2.48 bits per heavy atom. The van der Waals surface area contributed by atoms with Crippen LogP contribution in [0.25, 0.3) is 0 Å². The van der Waals surface area contributed by atoms with Gasteiger partial charge in [0.1, 0.15) is 11.5 Å².